The molecule has 0 bridgehead atoms. The number of benzene rings is 10. The summed E-state index contributed by atoms with van der Waals surface area (Å²) in [6.07, 6.45) is 7.54. The Bertz CT molecular complexity index is 3880. The van der Waals surface area contributed by atoms with Gasteiger partial charge >= 0.3 is 0 Å². The van der Waals surface area contributed by atoms with E-state index in [0.29, 0.717) is 6.42 Å². The van der Waals surface area contributed by atoms with Gasteiger partial charge < -0.3 is 4.90 Å². The van der Waals surface area contributed by atoms with Crippen molar-refractivity contribution < 1.29 is 0 Å². The van der Waals surface area contributed by atoms with E-state index in [-0.39, 0.29) is 0 Å². The minimum absolute atomic E-state index is 0.510. The minimum atomic E-state index is -0.696. The highest BCUT2D eigenvalue weighted by Gasteiger charge is 2.57. The number of allylic oxidation sites excluding steroid dienone is 5. The molecule has 1 heterocycles. The van der Waals surface area contributed by atoms with Crippen molar-refractivity contribution >= 4 is 42.9 Å². The molecule has 0 radical (unpaired) electrons. The molecule has 14 rings (SSSR count). The van der Waals surface area contributed by atoms with Crippen LogP contribution >= 0.6 is 11.3 Å². The molecule has 0 saturated carbocycles. The second kappa shape index (κ2) is 16.3. The van der Waals surface area contributed by atoms with E-state index in [1.807, 2.05) is 11.3 Å². The van der Waals surface area contributed by atoms with Crippen LogP contribution in [0.2, 0.25) is 0 Å². The number of rotatable bonds is 5. The molecule has 0 atom stereocenters. The van der Waals surface area contributed by atoms with E-state index < -0.39 is 10.8 Å². The van der Waals surface area contributed by atoms with Gasteiger partial charge in [-0.05, 0) is 120 Å². The molecule has 0 N–H and O–H groups in total. The smallest absolute Gasteiger partial charge is 0.0720 e. The van der Waals surface area contributed by atoms with Crippen LogP contribution in [-0.2, 0) is 17.3 Å². The van der Waals surface area contributed by atoms with E-state index >= 15 is 0 Å². The average molecular weight is 922 g/mol. The lowest BCUT2D eigenvalue weighted by Crippen LogP contribution is -2.45. The van der Waals surface area contributed by atoms with Gasteiger partial charge in [0.25, 0.3) is 0 Å². The largest absolute Gasteiger partial charge is 0.314 e. The first-order chi connectivity index (χ1) is 35.1. The zero-order chi connectivity index (χ0) is 47.1. The Balaban J connectivity index is 0.945. The van der Waals surface area contributed by atoms with Crippen molar-refractivity contribution in [1.29, 1.82) is 0 Å². The summed E-state index contributed by atoms with van der Waals surface area (Å²) in [5.74, 6) is 0. The third kappa shape index (κ3) is 6.05. The fraction of sp³-hybridized carbons (Fsp3) is 0.0435. The van der Waals surface area contributed by atoms with Crippen molar-refractivity contribution in [3.05, 3.63) is 323 Å². The third-order valence-corrected chi connectivity index (χ3v) is 16.9. The van der Waals surface area contributed by atoms with Gasteiger partial charge in [0, 0.05) is 43.7 Å². The van der Waals surface area contributed by atoms with Crippen molar-refractivity contribution in [3.8, 4) is 33.4 Å². The summed E-state index contributed by atoms with van der Waals surface area (Å²) in [4.78, 5) is 2.46. The summed E-state index contributed by atoms with van der Waals surface area (Å²) < 4.78 is 2.64. The highest BCUT2D eigenvalue weighted by Crippen LogP contribution is 2.65. The van der Waals surface area contributed by atoms with E-state index in [1.54, 1.807) is 0 Å². The van der Waals surface area contributed by atoms with Crippen LogP contribution in [-0.4, -0.2) is 0 Å². The minimum Gasteiger partial charge on any atom is -0.314 e. The van der Waals surface area contributed by atoms with E-state index in [2.05, 4.69) is 266 Å². The van der Waals surface area contributed by atoms with Gasteiger partial charge in [0.15, 0.2) is 0 Å². The SMILES string of the molecule is C=C1/C=C\C=C(\N(c2ccc(-c3ccccc3)cc2)c2ccc(-c3cccc4c3sc3ccccc34)cc2)Cc2ccccc2C12c1ccccc1C1(c3ccccc3-c3ccccc31)c1ccccc12. The molecule has 0 amide bonds. The highest BCUT2D eigenvalue weighted by molar-refractivity contribution is 7.26. The van der Waals surface area contributed by atoms with Crippen LogP contribution in [0.3, 0.4) is 0 Å². The van der Waals surface area contributed by atoms with E-state index in [9.17, 15) is 0 Å². The van der Waals surface area contributed by atoms with E-state index in [4.69, 9.17) is 6.58 Å². The Hall–Kier alpha value is -8.56. The van der Waals surface area contributed by atoms with Crippen LogP contribution in [0.1, 0.15) is 44.5 Å². The fourth-order valence-corrected chi connectivity index (χ4v) is 14.0. The summed E-state index contributed by atoms with van der Waals surface area (Å²) in [7, 11) is 0. The summed E-state index contributed by atoms with van der Waals surface area (Å²) in [5, 5.41) is 2.62. The number of anilines is 2. The van der Waals surface area contributed by atoms with Crippen LogP contribution in [0, 0.1) is 0 Å². The van der Waals surface area contributed by atoms with Crippen LogP contribution < -0.4 is 4.90 Å². The number of hydrogen-bond donors (Lipinski definition) is 0. The fourth-order valence-electron chi connectivity index (χ4n) is 12.7. The van der Waals surface area contributed by atoms with Gasteiger partial charge in [0.2, 0.25) is 0 Å². The summed E-state index contributed by atoms with van der Waals surface area (Å²) in [6.45, 7) is 5.10. The molecular weight excluding hydrogens is 875 g/mol. The molecule has 1 aromatic heterocycles. The molecule has 0 saturated heterocycles. The van der Waals surface area contributed by atoms with Gasteiger partial charge in [-0.25, -0.2) is 0 Å². The zero-order valence-corrected chi connectivity index (χ0v) is 39.9. The molecule has 334 valence electrons. The van der Waals surface area contributed by atoms with Gasteiger partial charge in [-0.3, -0.25) is 0 Å². The Morgan fingerprint density at radius 1 is 0.380 bits per heavy atom. The predicted octanol–water partition coefficient (Wildman–Crippen LogP) is 17.8. The number of nitrogens with zero attached hydrogens (tertiary/aromatic N) is 1. The van der Waals surface area contributed by atoms with Crippen molar-refractivity contribution in [2.45, 2.75) is 17.3 Å². The topological polar surface area (TPSA) is 3.24 Å². The molecule has 2 heteroatoms. The first-order valence-electron chi connectivity index (χ1n) is 24.6. The number of fused-ring (bicyclic) bond motifs is 16. The molecule has 0 aliphatic heterocycles. The molecule has 10 aromatic carbocycles. The normalized spacial score (nSPS) is 15.9. The first-order valence-corrected chi connectivity index (χ1v) is 25.5. The van der Waals surface area contributed by atoms with Crippen LogP contribution in [0.25, 0.3) is 53.6 Å². The lowest BCUT2D eigenvalue weighted by molar-refractivity contribution is 0.620. The summed E-state index contributed by atoms with van der Waals surface area (Å²) >= 11 is 1.88. The lowest BCUT2D eigenvalue weighted by Gasteiger charge is -2.50. The van der Waals surface area contributed by atoms with Gasteiger partial charge in [-0.1, -0.05) is 231 Å². The molecule has 11 aromatic rings. The van der Waals surface area contributed by atoms with Gasteiger partial charge in [0.05, 0.1) is 10.8 Å². The number of hydrogen-bond acceptors (Lipinski definition) is 2. The zero-order valence-electron chi connectivity index (χ0n) is 39.1. The maximum Gasteiger partial charge on any atom is 0.0720 e. The number of thiophene rings is 1. The molecule has 3 aliphatic rings. The Morgan fingerprint density at radius 3 is 1.51 bits per heavy atom. The van der Waals surface area contributed by atoms with Crippen LogP contribution in [0.5, 0.6) is 0 Å². The van der Waals surface area contributed by atoms with E-state index in [1.165, 1.54) is 98.1 Å². The molecule has 2 spiro atoms. The summed E-state index contributed by atoms with van der Waals surface area (Å²) in [5.41, 5.74) is 21.0. The molecule has 0 fully saturated rings. The Morgan fingerprint density at radius 2 is 0.859 bits per heavy atom. The van der Waals surface area contributed by atoms with Crippen molar-refractivity contribution in [3.63, 3.8) is 0 Å². The van der Waals surface area contributed by atoms with E-state index in [0.717, 1.165) is 22.6 Å². The molecule has 71 heavy (non-hydrogen) atoms. The average Bonchev–Trinajstić information content (AvgIpc) is 3.98. The molecule has 0 unspecified atom stereocenters. The Labute approximate surface area is 419 Å². The first kappa shape index (κ1) is 41.4. The van der Waals surface area contributed by atoms with Crippen LogP contribution in [0.4, 0.5) is 11.4 Å². The highest BCUT2D eigenvalue weighted by atomic mass is 32.1. The molecular formula is C69H47NS. The molecule has 3 aliphatic carbocycles. The second-order valence-electron chi connectivity index (χ2n) is 19.1. The monoisotopic (exact) mass is 921 g/mol. The van der Waals surface area contributed by atoms with Gasteiger partial charge in [0.1, 0.15) is 0 Å². The van der Waals surface area contributed by atoms with Crippen LogP contribution in [0.15, 0.2) is 279 Å². The maximum atomic E-state index is 5.10. The van der Waals surface area contributed by atoms with Crippen molar-refractivity contribution in [2.24, 2.45) is 0 Å². The van der Waals surface area contributed by atoms with Crippen molar-refractivity contribution in [1.82, 2.24) is 0 Å². The Kier molecular flexibility index (Phi) is 9.49. The van der Waals surface area contributed by atoms with Crippen molar-refractivity contribution in [2.75, 3.05) is 4.90 Å². The van der Waals surface area contributed by atoms with Gasteiger partial charge in [-0.15, -0.1) is 11.3 Å². The summed E-state index contributed by atoms with van der Waals surface area (Å²) in [6, 6.07) is 90.3. The predicted molar refractivity (Wildman–Crippen MR) is 299 cm³/mol. The quantitative estimate of drug-likeness (QED) is 0.166. The maximum absolute atomic E-state index is 5.10. The molecule has 1 nitrogen and oxygen atoms in total. The second-order valence-corrected chi connectivity index (χ2v) is 20.2. The third-order valence-electron chi connectivity index (χ3n) is 15.6. The lowest BCUT2D eigenvalue weighted by atomic mass is 9.51. The van der Waals surface area contributed by atoms with Gasteiger partial charge in [-0.2, -0.15) is 0 Å². The standard InChI is InChI=1S/C69H47NS/c1-46-19-17-23-53(70(51-41-37-48(38-42-51)47-20-3-2-4-21-47)52-43-39-49(40-44-52)54-27-18-28-58-57-26-8-16-36-66(57)71-67(54)58)45-50-22-5-9-29-59(50)68(46)62-32-12-14-34-64(62)69(65-35-15-13-33-63(65)68)60-30-10-6-24-55(60)56-25-7-11-31-61(56)69/h2-44H,1,45H2/b19-17-,53-23+.